The van der Waals surface area contributed by atoms with E-state index in [0.717, 1.165) is 25.2 Å². The summed E-state index contributed by atoms with van der Waals surface area (Å²) < 4.78 is 0. The molecule has 0 spiro atoms. The standard InChI is InChI=1S/C11H19N3O/c1-2-6-14-11(15)5-8-12-9-10-4-3-7-13-10/h3-4,7,12-13H,2,5-6,8-9H2,1H3,(H,14,15). The Morgan fingerprint density at radius 1 is 1.47 bits per heavy atom. The average Bonchev–Trinajstić information content (AvgIpc) is 2.74. The highest BCUT2D eigenvalue weighted by Crippen LogP contribution is 1.92. The highest BCUT2D eigenvalue weighted by molar-refractivity contribution is 5.75. The number of rotatable bonds is 7. The molecule has 0 radical (unpaired) electrons. The average molecular weight is 209 g/mol. The summed E-state index contributed by atoms with van der Waals surface area (Å²) in [5.41, 5.74) is 1.14. The van der Waals surface area contributed by atoms with E-state index in [1.807, 2.05) is 25.3 Å². The third-order valence-electron chi connectivity index (χ3n) is 2.08. The first-order valence-electron chi connectivity index (χ1n) is 5.42. The zero-order chi connectivity index (χ0) is 10.9. The number of H-pyrrole nitrogens is 1. The van der Waals surface area contributed by atoms with Gasteiger partial charge in [0.15, 0.2) is 0 Å². The first-order valence-corrected chi connectivity index (χ1v) is 5.42. The van der Waals surface area contributed by atoms with E-state index >= 15 is 0 Å². The number of hydrogen-bond donors (Lipinski definition) is 3. The summed E-state index contributed by atoms with van der Waals surface area (Å²) >= 11 is 0. The van der Waals surface area contributed by atoms with Crippen molar-refractivity contribution in [1.29, 1.82) is 0 Å². The Labute approximate surface area is 90.5 Å². The van der Waals surface area contributed by atoms with E-state index in [1.54, 1.807) is 0 Å². The molecule has 1 heterocycles. The smallest absolute Gasteiger partial charge is 0.221 e. The summed E-state index contributed by atoms with van der Waals surface area (Å²) in [5.74, 6) is 0.121. The normalized spacial score (nSPS) is 10.2. The molecule has 0 saturated heterocycles. The first kappa shape index (κ1) is 11.8. The van der Waals surface area contributed by atoms with E-state index in [1.165, 1.54) is 0 Å². The molecule has 3 N–H and O–H groups in total. The molecular formula is C11H19N3O. The quantitative estimate of drug-likeness (QED) is 0.587. The molecule has 0 aliphatic heterocycles. The molecule has 0 saturated carbocycles. The Bertz CT molecular complexity index is 269. The van der Waals surface area contributed by atoms with Gasteiger partial charge in [0.1, 0.15) is 0 Å². The van der Waals surface area contributed by atoms with Crippen molar-refractivity contribution in [3.8, 4) is 0 Å². The van der Waals surface area contributed by atoms with Gasteiger partial charge in [-0.05, 0) is 18.6 Å². The maximum atomic E-state index is 11.2. The second kappa shape index (κ2) is 7.06. The molecule has 1 aromatic rings. The number of nitrogens with one attached hydrogen (secondary N) is 3. The number of carbonyl (C=O) groups is 1. The fourth-order valence-corrected chi connectivity index (χ4v) is 1.26. The minimum Gasteiger partial charge on any atom is -0.364 e. The van der Waals surface area contributed by atoms with Crippen LogP contribution < -0.4 is 10.6 Å². The second-order valence-electron chi connectivity index (χ2n) is 3.47. The van der Waals surface area contributed by atoms with Crippen molar-refractivity contribution >= 4 is 5.91 Å². The maximum absolute atomic E-state index is 11.2. The fraction of sp³-hybridized carbons (Fsp3) is 0.545. The summed E-state index contributed by atoms with van der Waals surface area (Å²) in [7, 11) is 0. The van der Waals surface area contributed by atoms with Crippen molar-refractivity contribution in [2.45, 2.75) is 26.3 Å². The van der Waals surface area contributed by atoms with Gasteiger partial charge in [0.05, 0.1) is 0 Å². The van der Waals surface area contributed by atoms with Crippen LogP contribution in [0, 0.1) is 0 Å². The van der Waals surface area contributed by atoms with Crippen molar-refractivity contribution in [3.05, 3.63) is 24.0 Å². The summed E-state index contributed by atoms with van der Waals surface area (Å²) in [4.78, 5) is 14.3. The number of amides is 1. The van der Waals surface area contributed by atoms with Crippen LogP contribution in [-0.4, -0.2) is 24.0 Å². The molecule has 0 bridgehead atoms. The van der Waals surface area contributed by atoms with Gasteiger partial charge >= 0.3 is 0 Å². The molecule has 84 valence electrons. The lowest BCUT2D eigenvalue weighted by Gasteiger charge is -2.04. The van der Waals surface area contributed by atoms with Gasteiger partial charge in [0.25, 0.3) is 0 Å². The van der Waals surface area contributed by atoms with Crippen molar-refractivity contribution < 1.29 is 4.79 Å². The van der Waals surface area contributed by atoms with Gasteiger partial charge in [-0.3, -0.25) is 4.79 Å². The van der Waals surface area contributed by atoms with Gasteiger partial charge in [-0.2, -0.15) is 0 Å². The van der Waals surface area contributed by atoms with Crippen LogP contribution in [0.25, 0.3) is 0 Å². The lowest BCUT2D eigenvalue weighted by Crippen LogP contribution is -2.28. The topological polar surface area (TPSA) is 56.9 Å². The molecule has 1 amide bonds. The molecular weight excluding hydrogens is 190 g/mol. The minimum absolute atomic E-state index is 0.121. The Hall–Kier alpha value is -1.29. The molecule has 0 fully saturated rings. The Morgan fingerprint density at radius 2 is 2.33 bits per heavy atom. The number of hydrogen-bond acceptors (Lipinski definition) is 2. The predicted octanol–water partition coefficient (Wildman–Crippen LogP) is 1.02. The van der Waals surface area contributed by atoms with E-state index in [-0.39, 0.29) is 5.91 Å². The zero-order valence-electron chi connectivity index (χ0n) is 9.18. The molecule has 0 aromatic carbocycles. The van der Waals surface area contributed by atoms with E-state index in [4.69, 9.17) is 0 Å². The van der Waals surface area contributed by atoms with Gasteiger partial charge < -0.3 is 15.6 Å². The van der Waals surface area contributed by atoms with Gasteiger partial charge in [-0.1, -0.05) is 6.92 Å². The Morgan fingerprint density at radius 3 is 3.00 bits per heavy atom. The SMILES string of the molecule is CCCNC(=O)CCNCc1ccc[nH]1. The van der Waals surface area contributed by atoms with Crippen molar-refractivity contribution in [1.82, 2.24) is 15.6 Å². The van der Waals surface area contributed by atoms with Gasteiger partial charge in [0, 0.05) is 37.9 Å². The molecule has 0 aliphatic rings. The predicted molar refractivity (Wildman–Crippen MR) is 60.4 cm³/mol. The van der Waals surface area contributed by atoms with Gasteiger partial charge in [-0.15, -0.1) is 0 Å². The third kappa shape index (κ3) is 5.22. The lowest BCUT2D eigenvalue weighted by atomic mass is 10.3. The van der Waals surface area contributed by atoms with Gasteiger partial charge in [0.2, 0.25) is 5.91 Å². The van der Waals surface area contributed by atoms with E-state index in [9.17, 15) is 4.79 Å². The Kier molecular flexibility index (Phi) is 5.55. The van der Waals surface area contributed by atoms with Gasteiger partial charge in [-0.25, -0.2) is 0 Å². The molecule has 1 aromatic heterocycles. The van der Waals surface area contributed by atoms with E-state index < -0.39 is 0 Å². The third-order valence-corrected chi connectivity index (χ3v) is 2.08. The van der Waals surface area contributed by atoms with Crippen molar-refractivity contribution in [2.75, 3.05) is 13.1 Å². The number of aromatic amines is 1. The van der Waals surface area contributed by atoms with E-state index in [2.05, 4.69) is 15.6 Å². The maximum Gasteiger partial charge on any atom is 0.221 e. The van der Waals surface area contributed by atoms with Crippen LogP contribution in [0.3, 0.4) is 0 Å². The summed E-state index contributed by atoms with van der Waals surface area (Å²) in [5, 5.41) is 6.04. The highest BCUT2D eigenvalue weighted by atomic mass is 16.1. The van der Waals surface area contributed by atoms with Crippen LogP contribution in [0.2, 0.25) is 0 Å². The Balaban J connectivity index is 1.99. The fourth-order valence-electron chi connectivity index (χ4n) is 1.26. The lowest BCUT2D eigenvalue weighted by molar-refractivity contribution is -0.120. The molecule has 0 aliphatic carbocycles. The highest BCUT2D eigenvalue weighted by Gasteiger charge is 1.98. The van der Waals surface area contributed by atoms with Crippen LogP contribution in [0.15, 0.2) is 18.3 Å². The van der Waals surface area contributed by atoms with Crippen LogP contribution >= 0.6 is 0 Å². The number of carbonyl (C=O) groups excluding carboxylic acids is 1. The van der Waals surface area contributed by atoms with Crippen LogP contribution in [0.1, 0.15) is 25.5 Å². The van der Waals surface area contributed by atoms with Crippen LogP contribution in [-0.2, 0) is 11.3 Å². The van der Waals surface area contributed by atoms with E-state index in [0.29, 0.717) is 13.0 Å². The summed E-state index contributed by atoms with van der Waals surface area (Å²) in [6, 6.07) is 3.98. The van der Waals surface area contributed by atoms with Crippen molar-refractivity contribution in [2.24, 2.45) is 0 Å². The van der Waals surface area contributed by atoms with Crippen LogP contribution in [0.4, 0.5) is 0 Å². The molecule has 15 heavy (non-hydrogen) atoms. The molecule has 4 heteroatoms. The summed E-state index contributed by atoms with van der Waals surface area (Å²) in [6.07, 6.45) is 3.42. The second-order valence-corrected chi connectivity index (χ2v) is 3.47. The summed E-state index contributed by atoms with van der Waals surface area (Å²) in [6.45, 7) is 4.32. The zero-order valence-corrected chi connectivity index (χ0v) is 9.18. The minimum atomic E-state index is 0.121. The van der Waals surface area contributed by atoms with Crippen LogP contribution in [0.5, 0.6) is 0 Å². The number of aromatic nitrogens is 1. The first-order chi connectivity index (χ1) is 7.33. The molecule has 0 atom stereocenters. The molecule has 1 rings (SSSR count). The monoisotopic (exact) mass is 209 g/mol. The largest absolute Gasteiger partial charge is 0.364 e. The van der Waals surface area contributed by atoms with Crippen molar-refractivity contribution in [3.63, 3.8) is 0 Å². The molecule has 0 unspecified atom stereocenters. The molecule has 4 nitrogen and oxygen atoms in total.